The van der Waals surface area contributed by atoms with Gasteiger partial charge in [0.25, 0.3) is 5.69 Å². The molecule has 0 bridgehead atoms. The Morgan fingerprint density at radius 2 is 2.21 bits per heavy atom. The molecule has 0 aromatic heterocycles. The molecule has 0 unspecified atom stereocenters. The number of rotatable bonds is 7. The third-order valence-electron chi connectivity index (χ3n) is 3.43. The van der Waals surface area contributed by atoms with Gasteiger partial charge in [-0.3, -0.25) is 10.1 Å². The second kappa shape index (κ2) is 6.02. The highest BCUT2D eigenvalue weighted by Crippen LogP contribution is 2.35. The minimum atomic E-state index is -0.357. The van der Waals surface area contributed by atoms with Crippen LogP contribution in [-0.2, 0) is 6.61 Å². The van der Waals surface area contributed by atoms with Gasteiger partial charge in [-0.25, -0.2) is 0 Å². The third-order valence-corrected chi connectivity index (χ3v) is 3.43. The summed E-state index contributed by atoms with van der Waals surface area (Å²) < 4.78 is 0. The Morgan fingerprint density at radius 1 is 1.47 bits per heavy atom. The average molecular weight is 264 g/mol. The zero-order valence-corrected chi connectivity index (χ0v) is 11.2. The van der Waals surface area contributed by atoms with Crippen LogP contribution in [0.5, 0.6) is 0 Å². The summed E-state index contributed by atoms with van der Waals surface area (Å²) in [5.41, 5.74) is 1.36. The topological polar surface area (TPSA) is 66.6 Å². The van der Waals surface area contributed by atoms with Gasteiger partial charge in [0.05, 0.1) is 11.5 Å². The van der Waals surface area contributed by atoms with E-state index in [0.29, 0.717) is 17.2 Å². The maximum Gasteiger partial charge on any atom is 0.292 e. The SMILES string of the molecule is CCCN(CC1CC1)c1ccc(CO)cc1[N+](=O)[O-]. The fraction of sp³-hybridized carbons (Fsp3) is 0.571. The smallest absolute Gasteiger partial charge is 0.292 e. The van der Waals surface area contributed by atoms with Gasteiger partial charge in [0.15, 0.2) is 0 Å². The van der Waals surface area contributed by atoms with Crippen molar-refractivity contribution >= 4 is 11.4 Å². The van der Waals surface area contributed by atoms with Crippen LogP contribution in [0.15, 0.2) is 18.2 Å². The molecule has 19 heavy (non-hydrogen) atoms. The van der Waals surface area contributed by atoms with E-state index in [9.17, 15) is 10.1 Å². The van der Waals surface area contributed by atoms with Crippen molar-refractivity contribution in [1.82, 2.24) is 0 Å². The molecule has 2 rings (SSSR count). The Bertz CT molecular complexity index is 458. The van der Waals surface area contributed by atoms with Gasteiger partial charge < -0.3 is 10.0 Å². The van der Waals surface area contributed by atoms with E-state index < -0.39 is 0 Å². The van der Waals surface area contributed by atoms with Crippen LogP contribution in [0, 0.1) is 16.0 Å². The molecule has 0 spiro atoms. The molecule has 1 N–H and O–H groups in total. The van der Waals surface area contributed by atoms with Crippen molar-refractivity contribution in [3.8, 4) is 0 Å². The largest absolute Gasteiger partial charge is 0.392 e. The fourth-order valence-electron chi connectivity index (χ4n) is 2.27. The molecule has 104 valence electrons. The Labute approximate surface area is 113 Å². The summed E-state index contributed by atoms with van der Waals surface area (Å²) in [5, 5.41) is 20.3. The normalized spacial score (nSPS) is 14.4. The molecule has 0 aliphatic heterocycles. The van der Waals surface area contributed by atoms with Gasteiger partial charge in [-0.15, -0.1) is 0 Å². The number of aliphatic hydroxyl groups is 1. The van der Waals surface area contributed by atoms with Crippen LogP contribution in [-0.4, -0.2) is 23.1 Å². The van der Waals surface area contributed by atoms with Crippen molar-refractivity contribution in [2.45, 2.75) is 32.8 Å². The monoisotopic (exact) mass is 264 g/mol. The quantitative estimate of drug-likeness (QED) is 0.607. The molecule has 5 nitrogen and oxygen atoms in total. The van der Waals surface area contributed by atoms with Crippen molar-refractivity contribution in [3.05, 3.63) is 33.9 Å². The summed E-state index contributed by atoms with van der Waals surface area (Å²) in [7, 11) is 0. The number of anilines is 1. The lowest BCUT2D eigenvalue weighted by atomic mass is 10.1. The molecule has 1 aliphatic carbocycles. The number of nitro benzene ring substituents is 1. The van der Waals surface area contributed by atoms with Crippen LogP contribution in [0.25, 0.3) is 0 Å². The van der Waals surface area contributed by atoms with E-state index in [-0.39, 0.29) is 17.2 Å². The fourth-order valence-corrected chi connectivity index (χ4v) is 2.27. The number of hydrogen-bond donors (Lipinski definition) is 1. The summed E-state index contributed by atoms with van der Waals surface area (Å²) in [4.78, 5) is 12.9. The first-order valence-electron chi connectivity index (χ1n) is 6.78. The van der Waals surface area contributed by atoms with Crippen molar-refractivity contribution in [2.75, 3.05) is 18.0 Å². The molecule has 0 amide bonds. The zero-order chi connectivity index (χ0) is 13.8. The summed E-state index contributed by atoms with van der Waals surface area (Å²) in [6.07, 6.45) is 3.41. The van der Waals surface area contributed by atoms with Crippen molar-refractivity contribution in [2.24, 2.45) is 5.92 Å². The van der Waals surface area contributed by atoms with Gasteiger partial charge in [0.1, 0.15) is 5.69 Å². The summed E-state index contributed by atoms with van der Waals surface area (Å²) in [6, 6.07) is 5.00. The molecule has 0 atom stereocenters. The van der Waals surface area contributed by atoms with Crippen LogP contribution in [0.1, 0.15) is 31.7 Å². The predicted molar refractivity (Wildman–Crippen MR) is 74.2 cm³/mol. The van der Waals surface area contributed by atoms with E-state index in [0.717, 1.165) is 19.5 Å². The third kappa shape index (κ3) is 3.44. The Balaban J connectivity index is 2.30. The van der Waals surface area contributed by atoms with Crippen molar-refractivity contribution < 1.29 is 10.0 Å². The molecular weight excluding hydrogens is 244 g/mol. The Kier molecular flexibility index (Phi) is 4.37. The highest BCUT2D eigenvalue weighted by atomic mass is 16.6. The molecule has 1 aromatic rings. The van der Waals surface area contributed by atoms with Gasteiger partial charge in [-0.2, -0.15) is 0 Å². The van der Waals surface area contributed by atoms with E-state index in [1.54, 1.807) is 12.1 Å². The van der Waals surface area contributed by atoms with E-state index >= 15 is 0 Å². The Hall–Kier alpha value is -1.62. The van der Waals surface area contributed by atoms with Crippen LogP contribution >= 0.6 is 0 Å². The first kappa shape index (κ1) is 13.8. The molecule has 1 saturated carbocycles. The van der Waals surface area contributed by atoms with Crippen molar-refractivity contribution in [1.29, 1.82) is 0 Å². The lowest BCUT2D eigenvalue weighted by Crippen LogP contribution is -2.27. The highest BCUT2D eigenvalue weighted by Gasteiger charge is 2.27. The predicted octanol–water partition coefficient (Wildman–Crippen LogP) is 2.71. The lowest BCUT2D eigenvalue weighted by Gasteiger charge is -2.24. The molecule has 1 fully saturated rings. The van der Waals surface area contributed by atoms with Crippen LogP contribution < -0.4 is 4.90 Å². The van der Waals surface area contributed by atoms with Gasteiger partial charge >= 0.3 is 0 Å². The first-order chi connectivity index (χ1) is 9.15. The van der Waals surface area contributed by atoms with Gasteiger partial charge in [-0.05, 0) is 36.8 Å². The number of nitrogens with zero attached hydrogens (tertiary/aromatic N) is 2. The van der Waals surface area contributed by atoms with E-state index in [1.807, 2.05) is 0 Å². The number of benzene rings is 1. The Morgan fingerprint density at radius 3 is 2.74 bits per heavy atom. The molecule has 1 aromatic carbocycles. The second-order valence-corrected chi connectivity index (χ2v) is 5.13. The van der Waals surface area contributed by atoms with Gasteiger partial charge in [0, 0.05) is 19.2 Å². The van der Waals surface area contributed by atoms with E-state index in [4.69, 9.17) is 5.11 Å². The summed E-state index contributed by atoms with van der Waals surface area (Å²) in [5.74, 6) is 0.684. The standard InChI is InChI=1S/C14H20N2O3/c1-2-7-15(9-11-3-4-11)13-6-5-12(10-17)8-14(13)16(18)19/h5-6,8,11,17H,2-4,7,9-10H2,1H3. The molecule has 1 aliphatic rings. The van der Waals surface area contributed by atoms with Gasteiger partial charge in [0.2, 0.25) is 0 Å². The summed E-state index contributed by atoms with van der Waals surface area (Å²) >= 11 is 0. The number of aliphatic hydroxyl groups excluding tert-OH is 1. The first-order valence-corrected chi connectivity index (χ1v) is 6.78. The molecular formula is C14H20N2O3. The minimum absolute atomic E-state index is 0.0978. The van der Waals surface area contributed by atoms with E-state index in [1.165, 1.54) is 18.9 Å². The molecule has 5 heteroatoms. The molecule has 0 radical (unpaired) electrons. The van der Waals surface area contributed by atoms with Crippen LogP contribution in [0.2, 0.25) is 0 Å². The highest BCUT2D eigenvalue weighted by molar-refractivity contribution is 5.64. The average Bonchev–Trinajstić information content (AvgIpc) is 3.21. The maximum atomic E-state index is 11.2. The molecule has 0 heterocycles. The molecule has 0 saturated heterocycles. The van der Waals surface area contributed by atoms with Gasteiger partial charge in [-0.1, -0.05) is 13.0 Å². The second-order valence-electron chi connectivity index (χ2n) is 5.13. The minimum Gasteiger partial charge on any atom is -0.392 e. The summed E-state index contributed by atoms with van der Waals surface area (Å²) in [6.45, 7) is 3.63. The number of nitro groups is 1. The van der Waals surface area contributed by atoms with Crippen molar-refractivity contribution in [3.63, 3.8) is 0 Å². The van der Waals surface area contributed by atoms with Crippen LogP contribution in [0.4, 0.5) is 11.4 Å². The maximum absolute atomic E-state index is 11.2. The number of hydrogen-bond acceptors (Lipinski definition) is 4. The zero-order valence-electron chi connectivity index (χ0n) is 11.2. The lowest BCUT2D eigenvalue weighted by molar-refractivity contribution is -0.384. The van der Waals surface area contributed by atoms with E-state index in [2.05, 4.69) is 11.8 Å². The van der Waals surface area contributed by atoms with Crippen LogP contribution in [0.3, 0.4) is 0 Å².